The second kappa shape index (κ2) is 6.52. The van der Waals surface area contributed by atoms with E-state index >= 15 is 0 Å². The number of carbonyl (C=O) groups is 1. The van der Waals surface area contributed by atoms with Crippen molar-refractivity contribution in [1.82, 2.24) is 4.98 Å². The Hall–Kier alpha value is -2.55. The number of H-pyrrole nitrogens is 1. The van der Waals surface area contributed by atoms with E-state index in [-0.39, 0.29) is 5.91 Å². The minimum absolute atomic E-state index is 0.0981. The molecule has 1 heterocycles. The van der Waals surface area contributed by atoms with Crippen LogP contribution in [0.4, 0.5) is 5.69 Å². The van der Waals surface area contributed by atoms with E-state index in [1.165, 1.54) is 16.7 Å². The molecule has 0 bridgehead atoms. The number of fused-ring (bicyclic) bond motifs is 1. The third-order valence-electron chi connectivity index (χ3n) is 4.69. The SMILES string of the molecule is CC[C@@H](C)c1ccccc1NC(=O)c1cc2c(C)cc(C)cc2[nH]1. The van der Waals surface area contributed by atoms with Crippen molar-refractivity contribution in [3.8, 4) is 0 Å². The molecule has 1 aromatic heterocycles. The maximum atomic E-state index is 12.7. The summed E-state index contributed by atoms with van der Waals surface area (Å²) in [7, 11) is 0. The average Bonchev–Trinajstić information content (AvgIpc) is 2.99. The van der Waals surface area contributed by atoms with Gasteiger partial charge in [0.15, 0.2) is 0 Å². The van der Waals surface area contributed by atoms with Crippen LogP contribution in [0, 0.1) is 13.8 Å². The van der Waals surface area contributed by atoms with Gasteiger partial charge in [0, 0.05) is 16.6 Å². The smallest absolute Gasteiger partial charge is 0.272 e. The van der Waals surface area contributed by atoms with Crippen molar-refractivity contribution in [3.05, 3.63) is 64.8 Å². The van der Waals surface area contributed by atoms with Crippen molar-refractivity contribution < 1.29 is 4.79 Å². The number of aryl methyl sites for hydroxylation is 2. The molecule has 3 nitrogen and oxygen atoms in total. The van der Waals surface area contributed by atoms with E-state index in [4.69, 9.17) is 0 Å². The predicted octanol–water partition coefficient (Wildman–Crippen LogP) is 5.55. The molecule has 0 aliphatic carbocycles. The maximum Gasteiger partial charge on any atom is 0.272 e. The van der Waals surface area contributed by atoms with E-state index < -0.39 is 0 Å². The van der Waals surface area contributed by atoms with Crippen LogP contribution in [-0.2, 0) is 0 Å². The first-order valence-electron chi connectivity index (χ1n) is 8.49. The van der Waals surface area contributed by atoms with Crippen LogP contribution in [0.15, 0.2) is 42.5 Å². The number of aromatic nitrogens is 1. The summed E-state index contributed by atoms with van der Waals surface area (Å²) in [4.78, 5) is 15.9. The summed E-state index contributed by atoms with van der Waals surface area (Å²) >= 11 is 0. The highest BCUT2D eigenvalue weighted by atomic mass is 16.1. The second-order valence-corrected chi connectivity index (χ2v) is 6.58. The highest BCUT2D eigenvalue weighted by molar-refractivity contribution is 6.06. The van der Waals surface area contributed by atoms with E-state index in [9.17, 15) is 4.79 Å². The van der Waals surface area contributed by atoms with Gasteiger partial charge in [-0.1, -0.05) is 38.1 Å². The predicted molar refractivity (Wildman–Crippen MR) is 101 cm³/mol. The molecule has 2 aromatic carbocycles. The van der Waals surface area contributed by atoms with E-state index in [2.05, 4.69) is 56.2 Å². The second-order valence-electron chi connectivity index (χ2n) is 6.58. The number of nitrogens with one attached hydrogen (secondary N) is 2. The van der Waals surface area contributed by atoms with Gasteiger partial charge in [-0.2, -0.15) is 0 Å². The van der Waals surface area contributed by atoms with Crippen molar-refractivity contribution >= 4 is 22.5 Å². The zero-order chi connectivity index (χ0) is 17.3. The molecule has 24 heavy (non-hydrogen) atoms. The van der Waals surface area contributed by atoms with E-state index in [1.807, 2.05) is 24.3 Å². The highest BCUT2D eigenvalue weighted by Gasteiger charge is 2.14. The molecule has 0 saturated carbocycles. The quantitative estimate of drug-likeness (QED) is 0.650. The van der Waals surface area contributed by atoms with E-state index in [0.717, 1.165) is 23.0 Å². The monoisotopic (exact) mass is 320 g/mol. The van der Waals surface area contributed by atoms with Gasteiger partial charge in [-0.05, 0) is 61.1 Å². The summed E-state index contributed by atoms with van der Waals surface area (Å²) in [6.07, 6.45) is 1.04. The molecular weight excluding hydrogens is 296 g/mol. The van der Waals surface area contributed by atoms with Gasteiger partial charge in [0.1, 0.15) is 5.69 Å². The molecule has 0 unspecified atom stereocenters. The first-order chi connectivity index (χ1) is 11.5. The fraction of sp³-hybridized carbons (Fsp3) is 0.286. The molecule has 1 atom stereocenters. The molecule has 3 heteroatoms. The minimum Gasteiger partial charge on any atom is -0.351 e. The van der Waals surface area contributed by atoms with Crippen molar-refractivity contribution in [2.75, 3.05) is 5.32 Å². The summed E-state index contributed by atoms with van der Waals surface area (Å²) in [6.45, 7) is 8.48. The first-order valence-corrected chi connectivity index (χ1v) is 8.49. The van der Waals surface area contributed by atoms with Crippen molar-refractivity contribution in [2.24, 2.45) is 0 Å². The normalized spacial score (nSPS) is 12.3. The van der Waals surface area contributed by atoms with Crippen LogP contribution in [0.2, 0.25) is 0 Å². The number of anilines is 1. The zero-order valence-corrected chi connectivity index (χ0v) is 14.7. The molecule has 2 N–H and O–H groups in total. The standard InChI is InChI=1S/C21H24N2O/c1-5-14(3)16-8-6-7-9-18(16)23-21(24)20-12-17-15(4)10-13(2)11-19(17)22-20/h6-12,14,22H,5H2,1-4H3,(H,23,24)/t14-/m1/s1. The van der Waals surface area contributed by atoms with Crippen LogP contribution in [0.25, 0.3) is 10.9 Å². The lowest BCUT2D eigenvalue weighted by Crippen LogP contribution is -2.14. The summed E-state index contributed by atoms with van der Waals surface area (Å²) in [5.41, 5.74) is 6.04. The summed E-state index contributed by atoms with van der Waals surface area (Å²) in [5, 5.41) is 4.17. The summed E-state index contributed by atoms with van der Waals surface area (Å²) in [5.74, 6) is 0.313. The first kappa shape index (κ1) is 16.3. The molecule has 0 radical (unpaired) electrons. The molecular formula is C21H24N2O. The third kappa shape index (κ3) is 3.07. The number of aromatic amines is 1. The van der Waals surface area contributed by atoms with Gasteiger partial charge >= 0.3 is 0 Å². The number of carbonyl (C=O) groups excluding carboxylic acids is 1. The third-order valence-corrected chi connectivity index (χ3v) is 4.69. The zero-order valence-electron chi connectivity index (χ0n) is 14.7. The Morgan fingerprint density at radius 1 is 1.17 bits per heavy atom. The van der Waals surface area contributed by atoms with Gasteiger partial charge in [0.05, 0.1) is 0 Å². The van der Waals surface area contributed by atoms with Crippen LogP contribution < -0.4 is 5.32 Å². The Bertz CT molecular complexity index is 892. The lowest BCUT2D eigenvalue weighted by Gasteiger charge is -2.15. The molecule has 0 aliphatic rings. The van der Waals surface area contributed by atoms with Crippen LogP contribution in [0.1, 0.15) is 53.4 Å². The van der Waals surface area contributed by atoms with Crippen LogP contribution in [0.5, 0.6) is 0 Å². The number of rotatable bonds is 4. The lowest BCUT2D eigenvalue weighted by molar-refractivity contribution is 0.102. The molecule has 3 rings (SSSR count). The molecule has 3 aromatic rings. The van der Waals surface area contributed by atoms with Gasteiger partial charge in [0.2, 0.25) is 0 Å². The fourth-order valence-corrected chi connectivity index (χ4v) is 3.17. The minimum atomic E-state index is -0.0981. The van der Waals surface area contributed by atoms with E-state index in [1.54, 1.807) is 0 Å². The Morgan fingerprint density at radius 2 is 1.92 bits per heavy atom. The van der Waals surface area contributed by atoms with Gasteiger partial charge in [-0.3, -0.25) is 4.79 Å². The summed E-state index contributed by atoms with van der Waals surface area (Å²) in [6, 6.07) is 14.2. The number of benzene rings is 2. The Morgan fingerprint density at radius 3 is 2.67 bits per heavy atom. The summed E-state index contributed by atoms with van der Waals surface area (Å²) < 4.78 is 0. The largest absolute Gasteiger partial charge is 0.351 e. The Labute approximate surface area is 143 Å². The number of amides is 1. The van der Waals surface area contributed by atoms with Crippen molar-refractivity contribution in [2.45, 2.75) is 40.0 Å². The Balaban J connectivity index is 1.92. The van der Waals surface area contributed by atoms with Gasteiger partial charge in [-0.15, -0.1) is 0 Å². The number of hydrogen-bond donors (Lipinski definition) is 2. The van der Waals surface area contributed by atoms with Crippen LogP contribution >= 0.6 is 0 Å². The molecule has 1 amide bonds. The lowest BCUT2D eigenvalue weighted by atomic mass is 9.97. The fourth-order valence-electron chi connectivity index (χ4n) is 3.17. The van der Waals surface area contributed by atoms with Gasteiger partial charge in [0.25, 0.3) is 5.91 Å². The van der Waals surface area contributed by atoms with Crippen molar-refractivity contribution in [1.29, 1.82) is 0 Å². The average molecular weight is 320 g/mol. The van der Waals surface area contributed by atoms with Gasteiger partial charge < -0.3 is 10.3 Å². The molecule has 0 fully saturated rings. The molecule has 124 valence electrons. The maximum absolute atomic E-state index is 12.7. The van der Waals surface area contributed by atoms with Crippen LogP contribution in [-0.4, -0.2) is 10.9 Å². The number of hydrogen-bond acceptors (Lipinski definition) is 1. The topological polar surface area (TPSA) is 44.9 Å². The molecule has 0 aliphatic heterocycles. The van der Waals surface area contributed by atoms with Crippen molar-refractivity contribution in [3.63, 3.8) is 0 Å². The Kier molecular flexibility index (Phi) is 4.43. The number of para-hydroxylation sites is 1. The van der Waals surface area contributed by atoms with Gasteiger partial charge in [-0.25, -0.2) is 0 Å². The van der Waals surface area contributed by atoms with Crippen LogP contribution in [0.3, 0.4) is 0 Å². The molecule has 0 spiro atoms. The highest BCUT2D eigenvalue weighted by Crippen LogP contribution is 2.27. The van der Waals surface area contributed by atoms with E-state index in [0.29, 0.717) is 11.6 Å². The molecule has 0 saturated heterocycles.